The summed E-state index contributed by atoms with van der Waals surface area (Å²) in [5.74, 6) is 6.66. The van der Waals surface area contributed by atoms with Gasteiger partial charge >= 0.3 is 0 Å². The van der Waals surface area contributed by atoms with Gasteiger partial charge in [0.25, 0.3) is 0 Å². The molecule has 0 aliphatic carbocycles. The molecule has 86 valence electrons. The molecule has 16 heavy (non-hydrogen) atoms. The van der Waals surface area contributed by atoms with Crippen molar-refractivity contribution in [2.45, 2.75) is 32.6 Å². The smallest absolute Gasteiger partial charge is 0.123 e. The summed E-state index contributed by atoms with van der Waals surface area (Å²) in [5, 5.41) is 0. The van der Waals surface area contributed by atoms with E-state index in [0.29, 0.717) is 0 Å². The van der Waals surface area contributed by atoms with Gasteiger partial charge in [0.05, 0.1) is 7.11 Å². The van der Waals surface area contributed by atoms with Crippen LogP contribution >= 0.6 is 0 Å². The summed E-state index contributed by atoms with van der Waals surface area (Å²) in [6, 6.07) is 4.58. The fourth-order valence-electron chi connectivity index (χ4n) is 1.44. The number of unbranched alkanes of at least 4 members (excludes halogenated alkanes) is 1. The zero-order chi connectivity index (χ0) is 11.8. The van der Waals surface area contributed by atoms with Gasteiger partial charge in [-0.05, 0) is 36.6 Å². The highest BCUT2D eigenvalue weighted by Crippen LogP contribution is 2.20. The Balaban J connectivity index is 2.59. The second-order valence-corrected chi connectivity index (χ2v) is 3.56. The molecule has 0 amide bonds. The van der Waals surface area contributed by atoms with E-state index in [1.165, 1.54) is 12.1 Å². The Hall–Kier alpha value is -1.49. The van der Waals surface area contributed by atoms with Gasteiger partial charge in [-0.15, -0.1) is 11.8 Å². The first kappa shape index (κ1) is 12.6. The minimum atomic E-state index is -0.225. The average molecular weight is 220 g/mol. The lowest BCUT2D eigenvalue weighted by Crippen LogP contribution is -1.93. The number of halogens is 1. The molecule has 1 aromatic rings. The van der Waals surface area contributed by atoms with Crippen molar-refractivity contribution in [3.63, 3.8) is 0 Å². The van der Waals surface area contributed by atoms with Gasteiger partial charge in [-0.1, -0.05) is 6.92 Å². The van der Waals surface area contributed by atoms with E-state index >= 15 is 0 Å². The van der Waals surface area contributed by atoms with Crippen LogP contribution in [0.4, 0.5) is 4.39 Å². The maximum Gasteiger partial charge on any atom is 0.123 e. The molecule has 0 spiro atoms. The molecule has 1 aromatic carbocycles. The number of benzene rings is 1. The van der Waals surface area contributed by atoms with E-state index in [4.69, 9.17) is 4.74 Å². The molecule has 0 heterocycles. The molecule has 2 heteroatoms. The molecule has 0 aliphatic heterocycles. The summed E-state index contributed by atoms with van der Waals surface area (Å²) >= 11 is 0. The number of ether oxygens (including phenoxy) is 1. The summed E-state index contributed by atoms with van der Waals surface area (Å²) in [7, 11) is 1.60. The SMILES string of the molecule is CCCC#CCCc1cc(F)ccc1OC. The Kier molecular flexibility index (Phi) is 5.42. The summed E-state index contributed by atoms with van der Waals surface area (Å²) in [6.45, 7) is 2.10. The van der Waals surface area contributed by atoms with Gasteiger partial charge in [0, 0.05) is 12.8 Å². The first-order chi connectivity index (χ1) is 7.77. The molecule has 0 aromatic heterocycles. The fourth-order valence-corrected chi connectivity index (χ4v) is 1.44. The predicted octanol–water partition coefficient (Wildman–Crippen LogP) is 3.57. The topological polar surface area (TPSA) is 9.23 Å². The molecular formula is C14H17FO. The van der Waals surface area contributed by atoms with E-state index in [1.807, 2.05) is 0 Å². The second-order valence-electron chi connectivity index (χ2n) is 3.56. The minimum Gasteiger partial charge on any atom is -0.496 e. The van der Waals surface area contributed by atoms with Crippen LogP contribution in [0.2, 0.25) is 0 Å². The minimum absolute atomic E-state index is 0.225. The molecule has 0 aliphatic rings. The van der Waals surface area contributed by atoms with Crippen LogP contribution in [0.25, 0.3) is 0 Å². The zero-order valence-corrected chi connectivity index (χ0v) is 9.85. The Morgan fingerprint density at radius 3 is 2.69 bits per heavy atom. The lowest BCUT2D eigenvalue weighted by Gasteiger charge is -2.06. The third-order valence-corrected chi connectivity index (χ3v) is 2.26. The molecule has 1 rings (SSSR count). The molecule has 0 unspecified atom stereocenters. The fraction of sp³-hybridized carbons (Fsp3) is 0.429. The van der Waals surface area contributed by atoms with Gasteiger partial charge in [-0.25, -0.2) is 4.39 Å². The van der Waals surface area contributed by atoms with Crippen LogP contribution < -0.4 is 4.74 Å². The van der Waals surface area contributed by atoms with E-state index in [9.17, 15) is 4.39 Å². The lowest BCUT2D eigenvalue weighted by atomic mass is 10.1. The van der Waals surface area contributed by atoms with Crippen LogP contribution in [-0.4, -0.2) is 7.11 Å². The van der Waals surface area contributed by atoms with Crippen molar-refractivity contribution in [3.8, 4) is 17.6 Å². The van der Waals surface area contributed by atoms with E-state index < -0.39 is 0 Å². The van der Waals surface area contributed by atoms with Gasteiger partial charge in [0.1, 0.15) is 11.6 Å². The summed E-state index contributed by atoms with van der Waals surface area (Å²) in [4.78, 5) is 0. The molecule has 0 atom stereocenters. The van der Waals surface area contributed by atoms with E-state index in [2.05, 4.69) is 18.8 Å². The molecule has 0 saturated carbocycles. The van der Waals surface area contributed by atoms with Crippen molar-refractivity contribution < 1.29 is 9.13 Å². The first-order valence-corrected chi connectivity index (χ1v) is 5.56. The van der Waals surface area contributed by atoms with Crippen LogP contribution in [0.1, 0.15) is 31.7 Å². The highest BCUT2D eigenvalue weighted by Gasteiger charge is 2.03. The van der Waals surface area contributed by atoms with Crippen molar-refractivity contribution in [1.82, 2.24) is 0 Å². The molecular weight excluding hydrogens is 203 g/mol. The maximum absolute atomic E-state index is 13.0. The summed E-state index contributed by atoms with van der Waals surface area (Å²) in [6.07, 6.45) is 3.49. The molecule has 0 fully saturated rings. The molecule has 1 nitrogen and oxygen atoms in total. The van der Waals surface area contributed by atoms with Crippen molar-refractivity contribution in [1.29, 1.82) is 0 Å². The number of methoxy groups -OCH3 is 1. The van der Waals surface area contributed by atoms with Crippen LogP contribution in [-0.2, 0) is 6.42 Å². The van der Waals surface area contributed by atoms with Crippen molar-refractivity contribution in [3.05, 3.63) is 29.6 Å². The quantitative estimate of drug-likeness (QED) is 0.705. The summed E-state index contributed by atoms with van der Waals surface area (Å²) < 4.78 is 18.2. The highest BCUT2D eigenvalue weighted by atomic mass is 19.1. The Bertz CT molecular complexity index is 387. The van der Waals surface area contributed by atoms with Crippen LogP contribution in [0, 0.1) is 17.7 Å². The number of rotatable bonds is 4. The molecule has 0 saturated heterocycles. The van der Waals surface area contributed by atoms with Crippen molar-refractivity contribution in [2.75, 3.05) is 7.11 Å². The molecule has 0 radical (unpaired) electrons. The van der Waals surface area contributed by atoms with Crippen LogP contribution in [0.5, 0.6) is 5.75 Å². The van der Waals surface area contributed by atoms with Gasteiger partial charge in [0.2, 0.25) is 0 Å². The van der Waals surface area contributed by atoms with E-state index in [1.54, 1.807) is 13.2 Å². The number of aryl methyl sites for hydroxylation is 1. The number of hydrogen-bond donors (Lipinski definition) is 0. The molecule has 0 bridgehead atoms. The van der Waals surface area contributed by atoms with Gasteiger partial charge in [-0.2, -0.15) is 0 Å². The molecule has 0 N–H and O–H groups in total. The Morgan fingerprint density at radius 1 is 1.25 bits per heavy atom. The number of hydrogen-bond acceptors (Lipinski definition) is 1. The van der Waals surface area contributed by atoms with Gasteiger partial charge in [-0.3, -0.25) is 0 Å². The standard InChI is InChI=1S/C14H17FO/c1-3-4-5-6-7-8-12-11-13(15)9-10-14(12)16-2/h9-11H,3-4,7-8H2,1-2H3. The lowest BCUT2D eigenvalue weighted by molar-refractivity contribution is 0.408. The van der Waals surface area contributed by atoms with Gasteiger partial charge in [0.15, 0.2) is 0 Å². The second kappa shape index (κ2) is 6.90. The largest absolute Gasteiger partial charge is 0.496 e. The third kappa shape index (κ3) is 3.94. The Morgan fingerprint density at radius 2 is 2.00 bits per heavy atom. The monoisotopic (exact) mass is 220 g/mol. The maximum atomic E-state index is 13.0. The van der Waals surface area contributed by atoms with Crippen molar-refractivity contribution in [2.24, 2.45) is 0 Å². The Labute approximate surface area is 96.6 Å². The third-order valence-electron chi connectivity index (χ3n) is 2.26. The normalized spacial score (nSPS) is 9.44. The predicted molar refractivity (Wildman–Crippen MR) is 64.0 cm³/mol. The van der Waals surface area contributed by atoms with E-state index in [0.717, 1.165) is 37.0 Å². The van der Waals surface area contributed by atoms with Crippen molar-refractivity contribution >= 4 is 0 Å². The summed E-state index contributed by atoms with van der Waals surface area (Å²) in [5.41, 5.74) is 0.883. The average Bonchev–Trinajstić information content (AvgIpc) is 2.29. The van der Waals surface area contributed by atoms with E-state index in [-0.39, 0.29) is 5.82 Å². The zero-order valence-electron chi connectivity index (χ0n) is 9.85. The highest BCUT2D eigenvalue weighted by molar-refractivity contribution is 5.34. The van der Waals surface area contributed by atoms with Gasteiger partial charge < -0.3 is 4.74 Å². The van der Waals surface area contributed by atoms with Crippen LogP contribution in [0.3, 0.4) is 0 Å². The van der Waals surface area contributed by atoms with Crippen LogP contribution in [0.15, 0.2) is 18.2 Å². The first-order valence-electron chi connectivity index (χ1n) is 5.56.